The van der Waals surface area contributed by atoms with Crippen LogP contribution in [0.15, 0.2) is 28.8 Å². The Balaban J connectivity index is 2.08. The molecule has 0 saturated heterocycles. The summed E-state index contributed by atoms with van der Waals surface area (Å²) in [5.41, 5.74) is -0.0759. The van der Waals surface area contributed by atoms with Crippen LogP contribution in [0.3, 0.4) is 0 Å². The average Bonchev–Trinajstić information content (AvgIpc) is 2.86. The Morgan fingerprint density at radius 3 is 2.45 bits per heavy atom. The number of hydrogen-bond acceptors (Lipinski definition) is 4. The molecule has 2 rings (SSSR count). The zero-order chi connectivity index (χ0) is 14.8. The van der Waals surface area contributed by atoms with E-state index in [9.17, 15) is 18.3 Å². The van der Waals surface area contributed by atoms with E-state index in [-0.39, 0.29) is 18.1 Å². The molecule has 0 aliphatic carbocycles. The first-order chi connectivity index (χ1) is 9.40. The predicted octanol–water partition coefficient (Wildman–Crippen LogP) is 3.12. The van der Waals surface area contributed by atoms with E-state index in [1.165, 1.54) is 12.1 Å². The Hall–Kier alpha value is -1.89. The zero-order valence-electron chi connectivity index (χ0n) is 10.7. The molecule has 0 radical (unpaired) electrons. The van der Waals surface area contributed by atoms with E-state index in [4.69, 9.17) is 4.52 Å². The number of nitrogens with zero attached hydrogens (tertiary/aromatic N) is 2. The van der Waals surface area contributed by atoms with Crippen molar-refractivity contribution in [3.63, 3.8) is 0 Å². The standard InChI is InChI=1S/C13H13F3N2O2/c1-2-10(19)12-17-11(20-18-12)7-8-3-5-9(6-4-8)13(14,15)16/h3-6,10,19H,2,7H2,1H3. The molecule has 0 saturated carbocycles. The van der Waals surface area contributed by atoms with Gasteiger partial charge in [0.15, 0.2) is 5.82 Å². The first-order valence-electron chi connectivity index (χ1n) is 6.07. The second kappa shape index (κ2) is 5.62. The molecule has 1 atom stereocenters. The number of hydrogen-bond donors (Lipinski definition) is 1. The normalized spacial score (nSPS) is 13.4. The van der Waals surface area contributed by atoms with Crippen molar-refractivity contribution in [1.29, 1.82) is 0 Å². The lowest BCUT2D eigenvalue weighted by atomic mass is 10.1. The van der Waals surface area contributed by atoms with Crippen LogP contribution in [0.25, 0.3) is 0 Å². The average molecular weight is 286 g/mol. The molecule has 2 aromatic rings. The van der Waals surface area contributed by atoms with Gasteiger partial charge in [0.05, 0.1) is 12.0 Å². The minimum Gasteiger partial charge on any atom is -0.385 e. The van der Waals surface area contributed by atoms with Crippen molar-refractivity contribution in [3.8, 4) is 0 Å². The van der Waals surface area contributed by atoms with Crippen molar-refractivity contribution in [3.05, 3.63) is 47.1 Å². The van der Waals surface area contributed by atoms with E-state index in [0.29, 0.717) is 12.0 Å². The van der Waals surface area contributed by atoms with Crippen LogP contribution >= 0.6 is 0 Å². The third-order valence-electron chi connectivity index (χ3n) is 2.81. The largest absolute Gasteiger partial charge is 0.416 e. The highest BCUT2D eigenvalue weighted by Crippen LogP contribution is 2.29. The van der Waals surface area contributed by atoms with Gasteiger partial charge in [0.25, 0.3) is 0 Å². The second-order valence-corrected chi connectivity index (χ2v) is 4.34. The Labute approximate surface area is 113 Å². The summed E-state index contributed by atoms with van der Waals surface area (Å²) >= 11 is 0. The molecular weight excluding hydrogens is 273 g/mol. The van der Waals surface area contributed by atoms with Crippen LogP contribution < -0.4 is 0 Å². The van der Waals surface area contributed by atoms with Crippen LogP contribution in [0.1, 0.15) is 42.3 Å². The molecule has 1 aromatic carbocycles. The number of aliphatic hydroxyl groups excluding tert-OH is 1. The van der Waals surface area contributed by atoms with E-state index < -0.39 is 17.8 Å². The van der Waals surface area contributed by atoms with Crippen molar-refractivity contribution >= 4 is 0 Å². The Morgan fingerprint density at radius 2 is 1.90 bits per heavy atom. The zero-order valence-corrected chi connectivity index (χ0v) is 10.7. The molecule has 0 aliphatic heterocycles. The SMILES string of the molecule is CCC(O)c1noc(Cc2ccc(C(F)(F)F)cc2)n1. The van der Waals surface area contributed by atoms with Gasteiger partial charge in [-0.2, -0.15) is 18.2 Å². The highest BCUT2D eigenvalue weighted by Gasteiger charge is 2.29. The van der Waals surface area contributed by atoms with Crippen LogP contribution in [0.5, 0.6) is 0 Å². The van der Waals surface area contributed by atoms with Crippen molar-refractivity contribution in [1.82, 2.24) is 10.1 Å². The van der Waals surface area contributed by atoms with E-state index in [1.807, 2.05) is 0 Å². The van der Waals surface area contributed by atoms with Crippen LogP contribution in [-0.4, -0.2) is 15.2 Å². The van der Waals surface area contributed by atoms with Crippen LogP contribution in [0.2, 0.25) is 0 Å². The van der Waals surface area contributed by atoms with Gasteiger partial charge in [-0.05, 0) is 24.1 Å². The van der Waals surface area contributed by atoms with Crippen LogP contribution in [-0.2, 0) is 12.6 Å². The minimum absolute atomic E-state index is 0.189. The van der Waals surface area contributed by atoms with Gasteiger partial charge in [0, 0.05) is 0 Å². The van der Waals surface area contributed by atoms with Gasteiger partial charge in [-0.25, -0.2) is 0 Å². The molecule has 0 amide bonds. The summed E-state index contributed by atoms with van der Waals surface area (Å²) in [5, 5.41) is 13.1. The lowest BCUT2D eigenvalue weighted by Crippen LogP contribution is -2.04. The quantitative estimate of drug-likeness (QED) is 0.938. The maximum Gasteiger partial charge on any atom is 0.416 e. The third-order valence-corrected chi connectivity index (χ3v) is 2.81. The maximum atomic E-state index is 12.4. The van der Waals surface area contributed by atoms with Crippen molar-refractivity contribution in [2.45, 2.75) is 32.0 Å². The predicted molar refractivity (Wildman–Crippen MR) is 63.8 cm³/mol. The summed E-state index contributed by atoms with van der Waals surface area (Å²) < 4.78 is 42.2. The van der Waals surface area contributed by atoms with Gasteiger partial charge in [0.1, 0.15) is 6.10 Å². The van der Waals surface area contributed by atoms with Gasteiger partial charge in [0.2, 0.25) is 5.89 Å². The van der Waals surface area contributed by atoms with E-state index in [0.717, 1.165) is 12.1 Å². The molecule has 7 heteroatoms. The highest BCUT2D eigenvalue weighted by molar-refractivity contribution is 5.26. The van der Waals surface area contributed by atoms with Gasteiger partial charge in [-0.15, -0.1) is 0 Å². The molecule has 0 aliphatic rings. The number of halogens is 3. The molecule has 20 heavy (non-hydrogen) atoms. The van der Waals surface area contributed by atoms with E-state index >= 15 is 0 Å². The molecule has 0 bridgehead atoms. The highest BCUT2D eigenvalue weighted by atomic mass is 19.4. The van der Waals surface area contributed by atoms with Gasteiger partial charge in [-0.3, -0.25) is 0 Å². The summed E-state index contributed by atoms with van der Waals surface area (Å²) in [6, 6.07) is 4.74. The summed E-state index contributed by atoms with van der Waals surface area (Å²) in [6.07, 6.45) is -4.46. The monoisotopic (exact) mass is 286 g/mol. The first kappa shape index (κ1) is 14.5. The molecule has 1 aromatic heterocycles. The lowest BCUT2D eigenvalue weighted by molar-refractivity contribution is -0.137. The summed E-state index contributed by atoms with van der Waals surface area (Å²) in [4.78, 5) is 4.00. The fraction of sp³-hybridized carbons (Fsp3) is 0.385. The Morgan fingerprint density at radius 1 is 1.25 bits per heavy atom. The number of aromatic nitrogens is 2. The molecule has 1 N–H and O–H groups in total. The molecule has 108 valence electrons. The summed E-state index contributed by atoms with van der Waals surface area (Å²) in [5.74, 6) is 0.446. The number of rotatable bonds is 4. The molecule has 1 heterocycles. The topological polar surface area (TPSA) is 59.2 Å². The van der Waals surface area contributed by atoms with Crippen molar-refractivity contribution < 1.29 is 22.8 Å². The summed E-state index contributed by atoms with van der Waals surface area (Å²) in [6.45, 7) is 1.77. The Kier molecular flexibility index (Phi) is 4.08. The number of benzene rings is 1. The first-order valence-corrected chi connectivity index (χ1v) is 6.07. The third kappa shape index (κ3) is 3.36. The van der Waals surface area contributed by atoms with Crippen LogP contribution in [0.4, 0.5) is 13.2 Å². The van der Waals surface area contributed by atoms with E-state index in [1.54, 1.807) is 6.92 Å². The van der Waals surface area contributed by atoms with Gasteiger partial charge >= 0.3 is 6.18 Å². The van der Waals surface area contributed by atoms with Crippen molar-refractivity contribution in [2.24, 2.45) is 0 Å². The molecule has 4 nitrogen and oxygen atoms in total. The fourth-order valence-electron chi connectivity index (χ4n) is 1.64. The second-order valence-electron chi connectivity index (χ2n) is 4.34. The van der Waals surface area contributed by atoms with Crippen molar-refractivity contribution in [2.75, 3.05) is 0 Å². The molecule has 0 spiro atoms. The molecule has 1 unspecified atom stereocenters. The molecular formula is C13H13F3N2O2. The smallest absolute Gasteiger partial charge is 0.385 e. The number of alkyl halides is 3. The van der Waals surface area contributed by atoms with Gasteiger partial charge < -0.3 is 9.63 Å². The fourth-order valence-corrected chi connectivity index (χ4v) is 1.64. The minimum atomic E-state index is -4.35. The Bertz CT molecular complexity index is 564. The molecule has 0 fully saturated rings. The maximum absolute atomic E-state index is 12.4. The van der Waals surface area contributed by atoms with E-state index in [2.05, 4.69) is 10.1 Å². The van der Waals surface area contributed by atoms with Gasteiger partial charge in [-0.1, -0.05) is 24.2 Å². The number of aliphatic hydroxyl groups is 1. The van der Waals surface area contributed by atoms with Crippen LogP contribution in [0, 0.1) is 0 Å². The lowest BCUT2D eigenvalue weighted by Gasteiger charge is -2.06. The summed E-state index contributed by atoms with van der Waals surface area (Å²) in [7, 11) is 0.